The van der Waals surface area contributed by atoms with E-state index < -0.39 is 0 Å². The van der Waals surface area contributed by atoms with E-state index in [0.717, 1.165) is 29.1 Å². The van der Waals surface area contributed by atoms with Crippen molar-refractivity contribution in [2.24, 2.45) is 5.92 Å². The van der Waals surface area contributed by atoms with Gasteiger partial charge in [0.15, 0.2) is 5.82 Å². The van der Waals surface area contributed by atoms with Gasteiger partial charge in [-0.2, -0.15) is 5.10 Å². The predicted octanol–water partition coefficient (Wildman–Crippen LogP) is 3.88. The first-order valence-electron chi connectivity index (χ1n) is 9.45. The van der Waals surface area contributed by atoms with E-state index >= 15 is 0 Å². The van der Waals surface area contributed by atoms with Gasteiger partial charge in [0, 0.05) is 23.8 Å². The number of aromatic nitrogens is 4. The van der Waals surface area contributed by atoms with Crippen molar-refractivity contribution in [3.63, 3.8) is 0 Å². The van der Waals surface area contributed by atoms with Crippen molar-refractivity contribution < 1.29 is 4.79 Å². The van der Waals surface area contributed by atoms with Crippen molar-refractivity contribution in [1.29, 1.82) is 0 Å². The molecule has 0 radical (unpaired) electrons. The number of hydrogen-bond acceptors (Lipinski definition) is 5. The molecule has 0 saturated heterocycles. The number of amides is 1. The fourth-order valence-corrected chi connectivity index (χ4v) is 2.81. The summed E-state index contributed by atoms with van der Waals surface area (Å²) in [4.78, 5) is 20.9. The quantitative estimate of drug-likeness (QED) is 0.652. The van der Waals surface area contributed by atoms with Gasteiger partial charge < -0.3 is 10.6 Å². The minimum absolute atomic E-state index is 0.00538. The molecule has 0 spiro atoms. The monoisotopic (exact) mass is 378 g/mol. The maximum Gasteiger partial charge on any atom is 0.227 e. The first-order valence-corrected chi connectivity index (χ1v) is 9.45. The van der Waals surface area contributed by atoms with Gasteiger partial charge in [0.1, 0.15) is 5.82 Å². The minimum atomic E-state index is -0.00538. The molecule has 2 aromatic heterocycles. The second kappa shape index (κ2) is 8.65. The molecule has 0 fully saturated rings. The van der Waals surface area contributed by atoms with Gasteiger partial charge in [0.25, 0.3) is 0 Å². The minimum Gasteiger partial charge on any atom is -0.365 e. The van der Waals surface area contributed by atoms with Gasteiger partial charge >= 0.3 is 0 Å². The fourth-order valence-electron chi connectivity index (χ4n) is 2.81. The number of aryl methyl sites for hydroxylation is 2. The Morgan fingerprint density at radius 3 is 2.75 bits per heavy atom. The summed E-state index contributed by atoms with van der Waals surface area (Å²) in [6, 6.07) is 9.80. The van der Waals surface area contributed by atoms with Crippen LogP contribution in [0, 0.1) is 19.8 Å². The van der Waals surface area contributed by atoms with Crippen molar-refractivity contribution >= 4 is 17.4 Å². The Morgan fingerprint density at radius 1 is 1.21 bits per heavy atom. The average Bonchev–Trinajstić information content (AvgIpc) is 3.04. The molecule has 1 aromatic carbocycles. The number of hydrogen-bond donors (Lipinski definition) is 2. The molecule has 0 aliphatic carbocycles. The van der Waals surface area contributed by atoms with Crippen LogP contribution in [0.2, 0.25) is 0 Å². The number of benzene rings is 1. The van der Waals surface area contributed by atoms with Gasteiger partial charge in [-0.15, -0.1) is 0 Å². The molecule has 3 aromatic rings. The van der Waals surface area contributed by atoms with Crippen molar-refractivity contribution in [2.45, 2.75) is 40.7 Å². The Morgan fingerprint density at radius 2 is 2.04 bits per heavy atom. The van der Waals surface area contributed by atoms with E-state index in [1.54, 1.807) is 17.1 Å². The first-order chi connectivity index (χ1) is 13.5. The molecule has 7 nitrogen and oxygen atoms in total. The Bertz CT molecular complexity index is 965. The number of carbonyl (C=O) groups is 1. The summed E-state index contributed by atoms with van der Waals surface area (Å²) in [6.07, 6.45) is 4.19. The molecule has 146 valence electrons. The number of nitrogens with zero attached hydrogens (tertiary/aromatic N) is 4. The van der Waals surface area contributed by atoms with Crippen LogP contribution in [0.15, 0.2) is 42.7 Å². The first kappa shape index (κ1) is 19.5. The van der Waals surface area contributed by atoms with E-state index in [9.17, 15) is 4.79 Å². The third-order valence-electron chi connectivity index (χ3n) is 4.58. The molecule has 7 heteroatoms. The summed E-state index contributed by atoms with van der Waals surface area (Å²) in [7, 11) is 0. The lowest BCUT2D eigenvalue weighted by atomic mass is 10.1. The second-order valence-electron chi connectivity index (χ2n) is 6.95. The van der Waals surface area contributed by atoms with Crippen LogP contribution in [-0.2, 0) is 11.3 Å². The molecule has 1 unspecified atom stereocenters. The van der Waals surface area contributed by atoms with Crippen molar-refractivity contribution in [3.8, 4) is 5.82 Å². The molecule has 1 amide bonds. The molecule has 3 rings (SSSR count). The third-order valence-corrected chi connectivity index (χ3v) is 4.58. The number of nitrogens with one attached hydrogen (secondary N) is 2. The summed E-state index contributed by atoms with van der Waals surface area (Å²) in [6.45, 7) is 8.44. The molecule has 1 atom stereocenters. The maximum absolute atomic E-state index is 12.1. The number of anilines is 2. The Hall–Kier alpha value is -3.22. The molecule has 0 aliphatic rings. The fraction of sp³-hybridized carbons (Fsp3) is 0.333. The predicted molar refractivity (Wildman–Crippen MR) is 110 cm³/mol. The largest absolute Gasteiger partial charge is 0.365 e. The zero-order chi connectivity index (χ0) is 20.1. The zero-order valence-corrected chi connectivity index (χ0v) is 16.7. The SMILES string of the molecule is CCC(C)C(=O)Nc1cccc(CNc2cncc(-n3nc(C)cc3C)n2)c1. The lowest BCUT2D eigenvalue weighted by Crippen LogP contribution is -2.19. The van der Waals surface area contributed by atoms with Crippen LogP contribution in [-0.4, -0.2) is 25.7 Å². The van der Waals surface area contributed by atoms with Gasteiger partial charge in [0.05, 0.1) is 18.1 Å². The van der Waals surface area contributed by atoms with E-state index in [1.165, 1.54) is 0 Å². The van der Waals surface area contributed by atoms with E-state index in [0.29, 0.717) is 18.2 Å². The van der Waals surface area contributed by atoms with Crippen LogP contribution < -0.4 is 10.6 Å². The van der Waals surface area contributed by atoms with Gasteiger partial charge in [-0.05, 0) is 44.0 Å². The Labute approximate surface area is 165 Å². The third kappa shape index (κ3) is 4.73. The maximum atomic E-state index is 12.1. The van der Waals surface area contributed by atoms with E-state index in [-0.39, 0.29) is 11.8 Å². The van der Waals surface area contributed by atoms with Crippen LogP contribution in [0.4, 0.5) is 11.5 Å². The molecule has 2 heterocycles. The highest BCUT2D eigenvalue weighted by Crippen LogP contribution is 2.15. The summed E-state index contributed by atoms with van der Waals surface area (Å²) >= 11 is 0. The summed E-state index contributed by atoms with van der Waals surface area (Å²) in [5.74, 6) is 1.37. The number of carbonyl (C=O) groups excluding carboxylic acids is 1. The highest BCUT2D eigenvalue weighted by Gasteiger charge is 2.11. The molecular formula is C21H26N6O. The summed E-state index contributed by atoms with van der Waals surface area (Å²) < 4.78 is 1.78. The van der Waals surface area contributed by atoms with Crippen LogP contribution in [0.1, 0.15) is 37.2 Å². The molecule has 2 N–H and O–H groups in total. The average molecular weight is 378 g/mol. The van der Waals surface area contributed by atoms with Gasteiger partial charge in [0.2, 0.25) is 5.91 Å². The van der Waals surface area contributed by atoms with Crippen molar-refractivity contribution in [1.82, 2.24) is 19.7 Å². The smallest absolute Gasteiger partial charge is 0.227 e. The van der Waals surface area contributed by atoms with Crippen LogP contribution in [0.5, 0.6) is 0 Å². The van der Waals surface area contributed by atoms with Crippen molar-refractivity contribution in [3.05, 3.63) is 59.7 Å². The summed E-state index contributed by atoms with van der Waals surface area (Å²) in [5.41, 5.74) is 3.79. The summed E-state index contributed by atoms with van der Waals surface area (Å²) in [5, 5.41) is 10.7. The lowest BCUT2D eigenvalue weighted by Gasteiger charge is -2.12. The zero-order valence-electron chi connectivity index (χ0n) is 16.7. The molecular weight excluding hydrogens is 352 g/mol. The topological polar surface area (TPSA) is 84.7 Å². The molecule has 0 bridgehead atoms. The van der Waals surface area contributed by atoms with Gasteiger partial charge in [-0.3, -0.25) is 9.78 Å². The van der Waals surface area contributed by atoms with E-state index in [4.69, 9.17) is 0 Å². The molecule has 0 aliphatic heterocycles. The Kier molecular flexibility index (Phi) is 6.03. The highest BCUT2D eigenvalue weighted by atomic mass is 16.1. The Balaban J connectivity index is 1.68. The van der Waals surface area contributed by atoms with Crippen LogP contribution in [0.25, 0.3) is 5.82 Å². The number of rotatable bonds is 7. The van der Waals surface area contributed by atoms with Gasteiger partial charge in [-0.1, -0.05) is 26.0 Å². The van der Waals surface area contributed by atoms with E-state index in [2.05, 4.69) is 25.7 Å². The lowest BCUT2D eigenvalue weighted by molar-refractivity contribution is -0.119. The highest BCUT2D eigenvalue weighted by molar-refractivity contribution is 5.92. The van der Waals surface area contributed by atoms with Crippen LogP contribution >= 0.6 is 0 Å². The molecule has 0 saturated carbocycles. The second-order valence-corrected chi connectivity index (χ2v) is 6.95. The van der Waals surface area contributed by atoms with Crippen molar-refractivity contribution in [2.75, 3.05) is 10.6 Å². The molecule has 28 heavy (non-hydrogen) atoms. The van der Waals surface area contributed by atoms with E-state index in [1.807, 2.05) is 58.0 Å². The van der Waals surface area contributed by atoms with Gasteiger partial charge in [-0.25, -0.2) is 9.67 Å². The normalized spacial score (nSPS) is 11.9. The standard InChI is InChI=1S/C21H26N6O/c1-5-14(2)21(28)24-18-8-6-7-17(10-18)11-23-19-12-22-13-20(25-19)27-16(4)9-15(3)26-27/h6-10,12-14H,5,11H2,1-4H3,(H,23,25)(H,24,28). The van der Waals surface area contributed by atoms with Crippen LogP contribution in [0.3, 0.4) is 0 Å².